The number of fused-ring (bicyclic) bond motifs is 8. The molecule has 0 amide bonds. The predicted octanol–water partition coefficient (Wildman–Crippen LogP) is 15.4. The number of nitrogens with zero attached hydrogens (tertiary/aromatic N) is 3. The number of para-hydroxylation sites is 4. The Labute approximate surface area is 385 Å². The minimum Gasteiger partial charge on any atom is -0.456 e. The molecule has 0 atom stereocenters. The minimum absolute atomic E-state index is 0.225. The molecule has 0 saturated heterocycles. The zero-order chi connectivity index (χ0) is 43.7. The van der Waals surface area contributed by atoms with Gasteiger partial charge in [-0.1, -0.05) is 152 Å². The minimum atomic E-state index is -0.225. The molecule has 13 rings (SSSR count). The second-order valence-corrected chi connectivity index (χ2v) is 17.3. The van der Waals surface area contributed by atoms with E-state index in [2.05, 4.69) is 258 Å². The third-order valence-electron chi connectivity index (χ3n) is 13.5. The normalized spacial score (nSPS) is 12.5. The number of hydrogen-bond acceptors (Lipinski definition) is 4. The molecule has 3 heterocycles. The van der Waals surface area contributed by atoms with Gasteiger partial charge in [-0.15, -0.1) is 0 Å². The van der Waals surface area contributed by atoms with Crippen molar-refractivity contribution in [2.45, 2.75) is 6.92 Å². The topological polar surface area (TPSA) is 22.9 Å². The molecular weight excluding hydrogens is 802 g/mol. The number of furan rings is 1. The zero-order valence-corrected chi connectivity index (χ0v) is 36.3. The van der Waals surface area contributed by atoms with Crippen LogP contribution in [-0.4, -0.2) is 6.85 Å². The molecule has 2 aliphatic rings. The highest BCUT2D eigenvalue weighted by Gasteiger charge is 2.47. The van der Waals surface area contributed by atoms with Gasteiger partial charge in [-0.25, -0.2) is 0 Å². The number of aryl methyl sites for hydroxylation is 1. The Morgan fingerprint density at radius 3 is 1.74 bits per heavy atom. The summed E-state index contributed by atoms with van der Waals surface area (Å²) in [6, 6.07) is 85.7. The van der Waals surface area contributed by atoms with Crippen molar-refractivity contribution >= 4 is 85.2 Å². The Hall–Kier alpha value is -8.54. The number of benzene rings is 10. The van der Waals surface area contributed by atoms with Crippen molar-refractivity contribution in [3.8, 4) is 33.4 Å². The molecule has 0 unspecified atom stereocenters. The summed E-state index contributed by atoms with van der Waals surface area (Å²) >= 11 is 0. The van der Waals surface area contributed by atoms with Gasteiger partial charge in [-0.3, -0.25) is 0 Å². The van der Waals surface area contributed by atoms with E-state index in [1.54, 1.807) is 0 Å². The summed E-state index contributed by atoms with van der Waals surface area (Å²) in [5.41, 5.74) is 21.4. The molecule has 0 spiro atoms. The second kappa shape index (κ2) is 15.3. The van der Waals surface area contributed by atoms with Crippen LogP contribution in [0.1, 0.15) is 5.56 Å². The summed E-state index contributed by atoms with van der Waals surface area (Å²) in [6.45, 7) is 2.02. The van der Waals surface area contributed by atoms with Crippen molar-refractivity contribution in [3.63, 3.8) is 0 Å². The van der Waals surface area contributed by atoms with Crippen molar-refractivity contribution in [3.05, 3.63) is 242 Å². The van der Waals surface area contributed by atoms with Crippen LogP contribution < -0.4 is 25.5 Å². The maximum Gasteiger partial charge on any atom is 0.333 e. The summed E-state index contributed by atoms with van der Waals surface area (Å²) in [5.74, 6) is 0. The Morgan fingerprint density at radius 1 is 0.424 bits per heavy atom. The van der Waals surface area contributed by atoms with Gasteiger partial charge >= 0.3 is 6.85 Å². The van der Waals surface area contributed by atoms with Crippen LogP contribution >= 0.6 is 0 Å². The van der Waals surface area contributed by atoms with Crippen LogP contribution in [-0.2, 0) is 0 Å². The fraction of sp³-hybridized carbons (Fsp3) is 0.0164. The highest BCUT2D eigenvalue weighted by atomic mass is 16.3. The fourth-order valence-electron chi connectivity index (χ4n) is 10.7. The zero-order valence-electron chi connectivity index (χ0n) is 36.3. The lowest BCUT2D eigenvalue weighted by molar-refractivity contribution is 0.669. The molecule has 0 saturated carbocycles. The number of hydrogen-bond donors (Lipinski definition) is 0. The molecule has 5 heteroatoms. The van der Waals surface area contributed by atoms with Crippen LogP contribution in [0.15, 0.2) is 241 Å². The molecule has 0 radical (unpaired) electrons. The van der Waals surface area contributed by atoms with E-state index in [1.165, 1.54) is 49.9 Å². The van der Waals surface area contributed by atoms with Crippen molar-refractivity contribution < 1.29 is 4.42 Å². The van der Waals surface area contributed by atoms with Crippen molar-refractivity contribution in [1.29, 1.82) is 0 Å². The second-order valence-electron chi connectivity index (χ2n) is 17.3. The summed E-state index contributed by atoms with van der Waals surface area (Å²) < 4.78 is 6.89. The van der Waals surface area contributed by atoms with Gasteiger partial charge in [0.05, 0.1) is 0 Å². The largest absolute Gasteiger partial charge is 0.456 e. The van der Waals surface area contributed by atoms with Crippen LogP contribution in [0.5, 0.6) is 0 Å². The van der Waals surface area contributed by atoms with E-state index < -0.39 is 0 Å². The molecule has 0 N–H and O–H groups in total. The van der Waals surface area contributed by atoms with E-state index in [0.717, 1.165) is 67.4 Å². The van der Waals surface area contributed by atoms with Gasteiger partial charge in [0.25, 0.3) is 0 Å². The summed E-state index contributed by atoms with van der Waals surface area (Å²) in [7, 11) is 0. The van der Waals surface area contributed by atoms with Gasteiger partial charge in [-0.05, 0) is 130 Å². The Balaban J connectivity index is 1.14. The quantitative estimate of drug-likeness (QED) is 0.149. The lowest BCUT2D eigenvalue weighted by Crippen LogP contribution is -2.61. The molecule has 0 fully saturated rings. The lowest BCUT2D eigenvalue weighted by Gasteiger charge is -2.46. The molecule has 10 aromatic carbocycles. The van der Waals surface area contributed by atoms with E-state index in [0.29, 0.717) is 0 Å². The van der Waals surface area contributed by atoms with Gasteiger partial charge in [0, 0.05) is 67.9 Å². The first-order valence-corrected chi connectivity index (χ1v) is 22.7. The van der Waals surface area contributed by atoms with E-state index in [-0.39, 0.29) is 6.85 Å². The van der Waals surface area contributed by atoms with Crippen molar-refractivity contribution in [2.24, 2.45) is 0 Å². The van der Waals surface area contributed by atoms with Crippen LogP contribution in [0.2, 0.25) is 0 Å². The molecule has 4 nitrogen and oxygen atoms in total. The van der Waals surface area contributed by atoms with E-state index in [9.17, 15) is 0 Å². The number of anilines is 8. The molecule has 11 aromatic rings. The van der Waals surface area contributed by atoms with E-state index in [4.69, 9.17) is 4.42 Å². The van der Waals surface area contributed by atoms with Crippen molar-refractivity contribution in [2.75, 3.05) is 14.6 Å². The molecule has 0 bridgehead atoms. The maximum absolute atomic E-state index is 6.89. The summed E-state index contributed by atoms with van der Waals surface area (Å²) in [5, 5.41) is 2.26. The van der Waals surface area contributed by atoms with Gasteiger partial charge in [0.1, 0.15) is 11.2 Å². The summed E-state index contributed by atoms with van der Waals surface area (Å²) in [4.78, 5) is 7.49. The van der Waals surface area contributed by atoms with Crippen LogP contribution in [0.25, 0.3) is 55.3 Å². The van der Waals surface area contributed by atoms with Gasteiger partial charge in [0.2, 0.25) is 0 Å². The third-order valence-corrected chi connectivity index (χ3v) is 13.5. The Kier molecular flexibility index (Phi) is 8.82. The first-order valence-electron chi connectivity index (χ1n) is 22.7. The molecule has 310 valence electrons. The molecule has 2 aliphatic heterocycles. The van der Waals surface area contributed by atoms with Crippen molar-refractivity contribution in [1.82, 2.24) is 0 Å². The molecule has 0 aliphatic carbocycles. The lowest BCUT2D eigenvalue weighted by atomic mass is 9.43. The van der Waals surface area contributed by atoms with Gasteiger partial charge < -0.3 is 19.0 Å². The average molecular weight is 844 g/mol. The standard InChI is InChI=1S/C61H42BN3O/c1-41-37-45(43-21-8-3-9-22-43)33-35-53(41)64-55-36-34-48(63(46-24-10-4-11-25-46)47-26-12-5-13-27-47)39-52(55)62-61-56(64)40-58-59(51-30-15-17-32-57(51)66-58)60(61)50-29-14-16-31-54(50)65(62)49-28-18-23-44(38-49)42-19-6-2-7-20-42/h2-40H,1H3. The third kappa shape index (κ3) is 6.01. The Morgan fingerprint density at radius 2 is 1.03 bits per heavy atom. The molecular formula is C61H42BN3O. The first-order chi connectivity index (χ1) is 32.7. The van der Waals surface area contributed by atoms with Gasteiger partial charge in [-0.2, -0.15) is 0 Å². The highest BCUT2D eigenvalue weighted by Crippen LogP contribution is 2.52. The number of rotatable bonds is 7. The highest BCUT2D eigenvalue weighted by molar-refractivity contribution is 6.94. The fourth-order valence-corrected chi connectivity index (χ4v) is 10.7. The molecule has 66 heavy (non-hydrogen) atoms. The molecule has 1 aromatic heterocycles. The maximum atomic E-state index is 6.89. The SMILES string of the molecule is Cc1cc(-c2ccccc2)ccc1N1c2ccc(N(c3ccccc3)c3ccccc3)cc2B2c3c1cc1oc4ccccc4c1c3-c1ccccc1N2c1cccc(-c2ccccc2)c1. The average Bonchev–Trinajstić information content (AvgIpc) is 3.76. The monoisotopic (exact) mass is 843 g/mol. The van der Waals surface area contributed by atoms with Crippen LogP contribution in [0, 0.1) is 6.92 Å². The van der Waals surface area contributed by atoms with Crippen LogP contribution in [0.4, 0.5) is 45.5 Å². The van der Waals surface area contributed by atoms with Crippen LogP contribution in [0.3, 0.4) is 0 Å². The predicted molar refractivity (Wildman–Crippen MR) is 278 cm³/mol. The Bertz CT molecular complexity index is 3590. The first kappa shape index (κ1) is 38.0. The van der Waals surface area contributed by atoms with E-state index >= 15 is 0 Å². The smallest absolute Gasteiger partial charge is 0.333 e. The van der Waals surface area contributed by atoms with E-state index in [1.807, 2.05) is 0 Å². The van der Waals surface area contributed by atoms with Gasteiger partial charge in [0.15, 0.2) is 0 Å². The summed E-state index contributed by atoms with van der Waals surface area (Å²) in [6.07, 6.45) is 0.